The maximum absolute atomic E-state index is 11.4. The van der Waals surface area contributed by atoms with Gasteiger partial charge in [0.2, 0.25) is 0 Å². The van der Waals surface area contributed by atoms with Crippen molar-refractivity contribution in [2.75, 3.05) is 9.84 Å². The summed E-state index contributed by atoms with van der Waals surface area (Å²) in [6.07, 6.45) is 0. The molecule has 0 aliphatic heterocycles. The van der Waals surface area contributed by atoms with Crippen molar-refractivity contribution in [3.8, 4) is 0 Å². The molecule has 0 spiro atoms. The summed E-state index contributed by atoms with van der Waals surface area (Å²) >= 11 is 0. The second-order valence-electron chi connectivity index (χ2n) is 3.56. The molecule has 6 heteroatoms. The third-order valence-electron chi connectivity index (χ3n) is 2.23. The van der Waals surface area contributed by atoms with E-state index in [4.69, 9.17) is 0 Å². The molecule has 0 saturated heterocycles. The Morgan fingerprint density at radius 2 is 1.39 bits per heavy atom. The molecule has 0 bridgehead atoms. The van der Waals surface area contributed by atoms with Crippen molar-refractivity contribution in [1.29, 1.82) is 0 Å². The van der Waals surface area contributed by atoms with E-state index in [2.05, 4.69) is 5.43 Å². The minimum atomic E-state index is -4.39. The molecule has 18 heavy (non-hydrogen) atoms. The topological polar surface area (TPSA) is 69.6 Å². The van der Waals surface area contributed by atoms with Gasteiger partial charge < -0.3 is 0 Å². The molecule has 0 atom stereocenters. The van der Waals surface area contributed by atoms with E-state index >= 15 is 0 Å². The van der Waals surface area contributed by atoms with Crippen LogP contribution in [0.2, 0.25) is 0 Å². The van der Waals surface area contributed by atoms with E-state index in [1.807, 2.05) is 6.07 Å². The number of rotatable bonds is 4. The number of anilines is 2. The molecule has 0 saturated carbocycles. The highest BCUT2D eigenvalue weighted by Crippen LogP contribution is 2.18. The van der Waals surface area contributed by atoms with Gasteiger partial charge in [-0.25, -0.2) is 0 Å². The Labute approximate surface area is 106 Å². The first-order valence-corrected chi connectivity index (χ1v) is 6.61. The quantitative estimate of drug-likeness (QED) is 0.657. The second kappa shape index (κ2) is 5.07. The summed E-state index contributed by atoms with van der Waals surface area (Å²) in [5, 5.41) is 0. The average molecular weight is 264 g/mol. The highest BCUT2D eigenvalue weighted by molar-refractivity contribution is 7.87. The van der Waals surface area contributed by atoms with E-state index in [1.165, 1.54) is 0 Å². The zero-order valence-corrected chi connectivity index (χ0v) is 10.2. The first-order valence-electron chi connectivity index (χ1n) is 5.22. The molecule has 0 aliphatic carbocycles. The SMILES string of the molecule is O=S(=O)(O)N(Nc1ccccc1)c1ccccc1. The second-order valence-corrected chi connectivity index (χ2v) is 4.82. The summed E-state index contributed by atoms with van der Waals surface area (Å²) < 4.78 is 32.6. The van der Waals surface area contributed by atoms with Crippen LogP contribution in [-0.2, 0) is 10.3 Å². The first kappa shape index (κ1) is 12.4. The summed E-state index contributed by atoms with van der Waals surface area (Å²) in [5.74, 6) is 0. The van der Waals surface area contributed by atoms with Crippen molar-refractivity contribution in [1.82, 2.24) is 0 Å². The van der Waals surface area contributed by atoms with Gasteiger partial charge in [-0.3, -0.25) is 9.98 Å². The van der Waals surface area contributed by atoms with Crippen molar-refractivity contribution in [2.45, 2.75) is 0 Å². The van der Waals surface area contributed by atoms with Gasteiger partial charge in [0.25, 0.3) is 0 Å². The summed E-state index contributed by atoms with van der Waals surface area (Å²) in [5.41, 5.74) is 3.51. The van der Waals surface area contributed by atoms with Crippen molar-refractivity contribution in [2.24, 2.45) is 0 Å². The van der Waals surface area contributed by atoms with Crippen LogP contribution in [0.3, 0.4) is 0 Å². The van der Waals surface area contributed by atoms with E-state index in [0.717, 1.165) is 0 Å². The normalized spacial score (nSPS) is 10.9. The molecule has 2 aromatic rings. The Morgan fingerprint density at radius 3 is 1.89 bits per heavy atom. The zero-order chi connectivity index (χ0) is 13.0. The monoisotopic (exact) mass is 264 g/mol. The fourth-order valence-electron chi connectivity index (χ4n) is 1.45. The Kier molecular flexibility index (Phi) is 3.50. The van der Waals surface area contributed by atoms with Crippen molar-refractivity contribution >= 4 is 21.7 Å². The van der Waals surface area contributed by atoms with Gasteiger partial charge in [0.15, 0.2) is 0 Å². The Morgan fingerprint density at radius 1 is 0.889 bits per heavy atom. The minimum Gasteiger partial charge on any atom is -0.283 e. The fourth-order valence-corrected chi connectivity index (χ4v) is 2.06. The van der Waals surface area contributed by atoms with E-state index in [1.54, 1.807) is 54.6 Å². The van der Waals surface area contributed by atoms with E-state index < -0.39 is 10.3 Å². The van der Waals surface area contributed by atoms with Gasteiger partial charge in [-0.2, -0.15) is 12.8 Å². The number of hydrazine groups is 1. The largest absolute Gasteiger partial charge is 0.377 e. The maximum atomic E-state index is 11.4. The molecule has 0 amide bonds. The van der Waals surface area contributed by atoms with Crippen LogP contribution >= 0.6 is 0 Å². The molecule has 2 aromatic carbocycles. The van der Waals surface area contributed by atoms with Gasteiger partial charge in [-0.1, -0.05) is 36.4 Å². The molecule has 0 heterocycles. The van der Waals surface area contributed by atoms with Gasteiger partial charge in [0.05, 0.1) is 11.4 Å². The Bertz CT molecular complexity index is 600. The minimum absolute atomic E-state index is 0.323. The van der Waals surface area contributed by atoms with E-state index in [0.29, 0.717) is 15.8 Å². The number of benzene rings is 2. The van der Waals surface area contributed by atoms with Crippen LogP contribution in [0.1, 0.15) is 0 Å². The predicted molar refractivity (Wildman–Crippen MR) is 70.5 cm³/mol. The summed E-state index contributed by atoms with van der Waals surface area (Å²) in [7, 11) is -4.39. The van der Waals surface area contributed by atoms with Gasteiger partial charge in [0.1, 0.15) is 0 Å². The van der Waals surface area contributed by atoms with Crippen LogP contribution in [0.4, 0.5) is 11.4 Å². The number of hydrogen-bond acceptors (Lipinski definition) is 3. The molecule has 5 nitrogen and oxygen atoms in total. The zero-order valence-electron chi connectivity index (χ0n) is 9.39. The van der Waals surface area contributed by atoms with Gasteiger partial charge >= 0.3 is 10.3 Å². The molecule has 94 valence electrons. The van der Waals surface area contributed by atoms with Crippen LogP contribution in [-0.4, -0.2) is 13.0 Å². The molecule has 2 N–H and O–H groups in total. The van der Waals surface area contributed by atoms with Crippen molar-refractivity contribution < 1.29 is 13.0 Å². The highest BCUT2D eigenvalue weighted by Gasteiger charge is 2.19. The molecular formula is C12H12N2O3S. The van der Waals surface area contributed by atoms with E-state index in [-0.39, 0.29) is 0 Å². The maximum Gasteiger partial charge on any atom is 0.377 e. The van der Waals surface area contributed by atoms with Crippen LogP contribution in [0.25, 0.3) is 0 Å². The number of nitrogens with one attached hydrogen (secondary N) is 1. The Hall–Kier alpha value is -2.05. The smallest absolute Gasteiger partial charge is 0.283 e. The van der Waals surface area contributed by atoms with Gasteiger partial charge in [-0.15, -0.1) is 0 Å². The lowest BCUT2D eigenvalue weighted by Gasteiger charge is -2.22. The summed E-state index contributed by atoms with van der Waals surface area (Å²) in [4.78, 5) is 0. The highest BCUT2D eigenvalue weighted by atomic mass is 32.2. The standard InChI is InChI=1S/C12H12N2O3S/c15-18(16,17)14(12-9-5-2-6-10-12)13-11-7-3-1-4-8-11/h1-10,13H,(H,15,16,17). The lowest BCUT2D eigenvalue weighted by molar-refractivity contribution is 0.481. The van der Waals surface area contributed by atoms with Crippen molar-refractivity contribution in [3.05, 3.63) is 60.7 Å². The van der Waals surface area contributed by atoms with Crippen LogP contribution in [0.5, 0.6) is 0 Å². The first-order chi connectivity index (χ1) is 8.57. The van der Waals surface area contributed by atoms with Gasteiger partial charge in [-0.05, 0) is 24.3 Å². The molecule has 0 radical (unpaired) electrons. The average Bonchev–Trinajstić information content (AvgIpc) is 2.37. The summed E-state index contributed by atoms with van der Waals surface area (Å²) in [6.45, 7) is 0. The third-order valence-corrected chi connectivity index (χ3v) is 2.99. The lowest BCUT2D eigenvalue weighted by atomic mass is 10.3. The molecule has 0 aromatic heterocycles. The van der Waals surface area contributed by atoms with Crippen LogP contribution in [0, 0.1) is 0 Å². The van der Waals surface area contributed by atoms with Crippen LogP contribution < -0.4 is 9.84 Å². The van der Waals surface area contributed by atoms with E-state index in [9.17, 15) is 13.0 Å². The van der Waals surface area contributed by atoms with Gasteiger partial charge in [0, 0.05) is 0 Å². The number of nitrogens with zero attached hydrogens (tertiary/aromatic N) is 1. The predicted octanol–water partition coefficient (Wildman–Crippen LogP) is 2.32. The molecule has 2 rings (SSSR count). The molecule has 0 unspecified atom stereocenters. The molecular weight excluding hydrogens is 252 g/mol. The number of para-hydroxylation sites is 2. The Balaban J connectivity index is 2.34. The summed E-state index contributed by atoms with van der Waals surface area (Å²) in [6, 6.07) is 17.0. The fraction of sp³-hybridized carbons (Fsp3) is 0. The molecule has 0 fully saturated rings. The number of hydrogen-bond donors (Lipinski definition) is 2. The third kappa shape index (κ3) is 2.99. The lowest BCUT2D eigenvalue weighted by Crippen LogP contribution is -2.35. The molecule has 0 aliphatic rings. The van der Waals surface area contributed by atoms with Crippen molar-refractivity contribution in [3.63, 3.8) is 0 Å². The van der Waals surface area contributed by atoms with Crippen LogP contribution in [0.15, 0.2) is 60.7 Å².